The zero-order valence-electron chi connectivity index (χ0n) is 17.9. The molecule has 2 bridgehead atoms. The predicted molar refractivity (Wildman–Crippen MR) is 109 cm³/mol. The van der Waals surface area contributed by atoms with Gasteiger partial charge in [0.25, 0.3) is 0 Å². The van der Waals surface area contributed by atoms with E-state index >= 15 is 0 Å². The maximum absolute atomic E-state index is 13.4. The number of esters is 1. The summed E-state index contributed by atoms with van der Waals surface area (Å²) >= 11 is 0. The zero-order valence-corrected chi connectivity index (χ0v) is 17.9. The molecule has 3 fully saturated rings. The van der Waals surface area contributed by atoms with Gasteiger partial charge in [-0.15, -0.1) is 0 Å². The van der Waals surface area contributed by atoms with Crippen molar-refractivity contribution in [1.29, 1.82) is 0 Å². The predicted octanol–water partition coefficient (Wildman–Crippen LogP) is 0.954. The molecule has 2 unspecified atom stereocenters. The Morgan fingerprint density at radius 3 is 2.61 bits per heavy atom. The number of benzene rings is 1. The lowest BCUT2D eigenvalue weighted by molar-refractivity contribution is -0.159. The summed E-state index contributed by atoms with van der Waals surface area (Å²) in [6, 6.07) is 5.89. The minimum absolute atomic E-state index is 0.0204. The number of likely N-dealkylation sites (tertiary alicyclic amines) is 1. The van der Waals surface area contributed by atoms with Gasteiger partial charge in [0.15, 0.2) is 0 Å². The van der Waals surface area contributed by atoms with E-state index in [9.17, 15) is 19.5 Å². The molecule has 3 aliphatic heterocycles. The van der Waals surface area contributed by atoms with E-state index in [1.807, 2.05) is 6.92 Å². The van der Waals surface area contributed by atoms with Crippen molar-refractivity contribution in [3.63, 3.8) is 0 Å². The van der Waals surface area contributed by atoms with E-state index in [0.717, 1.165) is 0 Å². The van der Waals surface area contributed by atoms with Crippen LogP contribution in [0.3, 0.4) is 0 Å². The van der Waals surface area contributed by atoms with Crippen LogP contribution in [-0.2, 0) is 23.9 Å². The average Bonchev–Trinajstić information content (AvgIpc) is 3.30. The molecule has 4 rings (SSSR count). The molecule has 5 atom stereocenters. The van der Waals surface area contributed by atoms with Gasteiger partial charge in [0, 0.05) is 12.2 Å². The fraction of sp³-hybridized carbons (Fsp3) is 0.591. The summed E-state index contributed by atoms with van der Waals surface area (Å²) in [6.45, 7) is 3.39. The van der Waals surface area contributed by atoms with Gasteiger partial charge in [0.05, 0.1) is 31.8 Å². The molecule has 3 saturated heterocycles. The first kappa shape index (κ1) is 21.6. The van der Waals surface area contributed by atoms with Crippen LogP contribution in [0.5, 0.6) is 5.75 Å². The smallest absolute Gasteiger partial charge is 0.312 e. The molecule has 31 heavy (non-hydrogen) atoms. The number of amides is 2. The summed E-state index contributed by atoms with van der Waals surface area (Å²) in [5.74, 6) is -2.20. The standard InChI is InChI=1S/C22H28N2O7/c1-4-30-20(28)16-15-19(27)24(11-12-25)17(22(15)10-9-21(16,2)31-22)18(26)23-13-5-7-14(29-3)8-6-13/h5-8,15-17,25H,4,9-12H2,1-3H3,(H,23,26)/t15-,16-,17?,21+,22?/m0/s1. The third-order valence-electron chi connectivity index (χ3n) is 6.76. The number of nitrogens with zero attached hydrogens (tertiary/aromatic N) is 1. The second kappa shape index (κ2) is 7.80. The molecule has 0 saturated carbocycles. The first-order chi connectivity index (χ1) is 14.8. The highest BCUT2D eigenvalue weighted by atomic mass is 16.6. The fourth-order valence-electron chi connectivity index (χ4n) is 5.55. The third kappa shape index (κ3) is 3.18. The number of aliphatic hydroxyl groups excluding tert-OH is 1. The van der Waals surface area contributed by atoms with Crippen LogP contribution in [0.25, 0.3) is 0 Å². The van der Waals surface area contributed by atoms with Gasteiger partial charge >= 0.3 is 5.97 Å². The number of ether oxygens (including phenoxy) is 3. The summed E-state index contributed by atoms with van der Waals surface area (Å²) in [6.07, 6.45) is 1.01. The molecule has 0 aromatic heterocycles. The van der Waals surface area contributed by atoms with Crippen molar-refractivity contribution < 1.29 is 33.7 Å². The lowest BCUT2D eigenvalue weighted by Gasteiger charge is -2.33. The highest BCUT2D eigenvalue weighted by Crippen LogP contribution is 2.63. The maximum atomic E-state index is 13.4. The number of carbonyl (C=O) groups excluding carboxylic acids is 3. The zero-order chi connectivity index (χ0) is 22.4. The molecule has 3 heterocycles. The molecule has 3 aliphatic rings. The Balaban J connectivity index is 1.68. The van der Waals surface area contributed by atoms with Crippen molar-refractivity contribution in [2.45, 2.75) is 43.9 Å². The van der Waals surface area contributed by atoms with Gasteiger partial charge in [-0.05, 0) is 51.0 Å². The van der Waals surface area contributed by atoms with Crippen LogP contribution < -0.4 is 10.1 Å². The fourth-order valence-corrected chi connectivity index (χ4v) is 5.55. The van der Waals surface area contributed by atoms with Gasteiger partial charge in [-0.2, -0.15) is 0 Å². The summed E-state index contributed by atoms with van der Waals surface area (Å²) < 4.78 is 16.8. The van der Waals surface area contributed by atoms with Crippen molar-refractivity contribution in [3.8, 4) is 5.75 Å². The summed E-state index contributed by atoms with van der Waals surface area (Å²) in [5.41, 5.74) is -1.45. The molecule has 1 aromatic carbocycles. The Kier molecular flexibility index (Phi) is 5.43. The molecular weight excluding hydrogens is 404 g/mol. The normalized spacial score (nSPS) is 33.4. The van der Waals surface area contributed by atoms with Crippen LogP contribution in [0, 0.1) is 11.8 Å². The quantitative estimate of drug-likeness (QED) is 0.617. The van der Waals surface area contributed by atoms with Gasteiger partial charge in [-0.3, -0.25) is 14.4 Å². The Labute approximate surface area is 180 Å². The Morgan fingerprint density at radius 2 is 2.00 bits per heavy atom. The lowest BCUT2D eigenvalue weighted by Crippen LogP contribution is -2.53. The summed E-state index contributed by atoms with van der Waals surface area (Å²) in [7, 11) is 1.55. The van der Waals surface area contributed by atoms with Gasteiger partial charge in [0.1, 0.15) is 23.3 Å². The van der Waals surface area contributed by atoms with Crippen molar-refractivity contribution in [2.75, 3.05) is 32.2 Å². The Hall–Kier alpha value is -2.65. The minimum Gasteiger partial charge on any atom is -0.497 e. The van der Waals surface area contributed by atoms with Crippen LogP contribution >= 0.6 is 0 Å². The summed E-state index contributed by atoms with van der Waals surface area (Å²) in [4.78, 5) is 41.0. The number of nitrogens with one attached hydrogen (secondary N) is 1. The summed E-state index contributed by atoms with van der Waals surface area (Å²) in [5, 5.41) is 12.4. The van der Waals surface area contributed by atoms with E-state index in [2.05, 4.69) is 5.32 Å². The largest absolute Gasteiger partial charge is 0.497 e. The van der Waals surface area contributed by atoms with E-state index in [1.165, 1.54) is 4.90 Å². The van der Waals surface area contributed by atoms with Crippen molar-refractivity contribution in [3.05, 3.63) is 24.3 Å². The van der Waals surface area contributed by atoms with E-state index in [1.54, 1.807) is 38.3 Å². The average molecular weight is 432 g/mol. The molecule has 9 heteroatoms. The number of hydrogen-bond acceptors (Lipinski definition) is 7. The highest BCUT2D eigenvalue weighted by Gasteiger charge is 2.78. The van der Waals surface area contributed by atoms with E-state index in [4.69, 9.17) is 14.2 Å². The number of carbonyl (C=O) groups is 3. The minimum atomic E-state index is -1.13. The van der Waals surface area contributed by atoms with E-state index < -0.39 is 41.0 Å². The molecule has 1 aromatic rings. The topological polar surface area (TPSA) is 114 Å². The van der Waals surface area contributed by atoms with E-state index in [-0.39, 0.29) is 25.7 Å². The molecule has 2 amide bonds. The van der Waals surface area contributed by atoms with Crippen molar-refractivity contribution in [2.24, 2.45) is 11.8 Å². The van der Waals surface area contributed by atoms with Crippen LogP contribution in [0.1, 0.15) is 26.7 Å². The van der Waals surface area contributed by atoms with E-state index in [0.29, 0.717) is 24.3 Å². The second-order valence-electron chi connectivity index (χ2n) is 8.45. The first-order valence-corrected chi connectivity index (χ1v) is 10.5. The van der Waals surface area contributed by atoms with Crippen LogP contribution in [0.4, 0.5) is 5.69 Å². The number of hydrogen-bond donors (Lipinski definition) is 2. The Bertz CT molecular complexity index is 888. The van der Waals surface area contributed by atoms with Crippen LogP contribution in [0.2, 0.25) is 0 Å². The lowest BCUT2D eigenvalue weighted by atomic mass is 9.66. The number of anilines is 1. The van der Waals surface area contributed by atoms with Gasteiger partial charge in [-0.1, -0.05) is 0 Å². The molecule has 2 N–H and O–H groups in total. The number of methoxy groups -OCH3 is 1. The SMILES string of the molecule is CCOC(=O)[C@@H]1[C@H]2C(=O)N(CCO)C(C(=O)Nc3ccc(OC)cc3)C23CC[C@@]1(C)O3. The Morgan fingerprint density at radius 1 is 1.29 bits per heavy atom. The molecule has 0 radical (unpaired) electrons. The number of aliphatic hydroxyl groups is 1. The van der Waals surface area contributed by atoms with Crippen molar-refractivity contribution >= 4 is 23.5 Å². The molecule has 1 spiro atoms. The first-order valence-electron chi connectivity index (χ1n) is 10.5. The van der Waals surface area contributed by atoms with Crippen molar-refractivity contribution in [1.82, 2.24) is 4.90 Å². The van der Waals surface area contributed by atoms with Gasteiger partial charge in [-0.25, -0.2) is 0 Å². The third-order valence-corrected chi connectivity index (χ3v) is 6.76. The number of fused-ring (bicyclic) bond motifs is 1. The van der Waals surface area contributed by atoms with Gasteiger partial charge < -0.3 is 29.5 Å². The maximum Gasteiger partial charge on any atom is 0.312 e. The van der Waals surface area contributed by atoms with Crippen LogP contribution in [-0.4, -0.2) is 71.9 Å². The number of β-amino-alcohol motifs (C(OH)–C–C–N with tert-alkyl or cyclic N) is 1. The highest BCUT2D eigenvalue weighted by molar-refractivity contribution is 6.03. The number of rotatable bonds is 7. The van der Waals surface area contributed by atoms with Gasteiger partial charge in [0.2, 0.25) is 11.8 Å². The molecule has 9 nitrogen and oxygen atoms in total. The monoisotopic (exact) mass is 432 g/mol. The molecule has 168 valence electrons. The molecule has 0 aliphatic carbocycles. The van der Waals surface area contributed by atoms with Crippen LogP contribution in [0.15, 0.2) is 24.3 Å². The second-order valence-corrected chi connectivity index (χ2v) is 8.45. The molecular formula is C22H28N2O7.